The lowest BCUT2D eigenvalue weighted by molar-refractivity contribution is 0.102. The Bertz CT molecular complexity index is 888. The number of thiazole rings is 1. The van der Waals surface area contributed by atoms with Crippen LogP contribution in [0.1, 0.15) is 40.6 Å². The second-order valence-electron chi connectivity index (χ2n) is 6.51. The summed E-state index contributed by atoms with van der Waals surface area (Å²) in [7, 11) is 1.94. The van der Waals surface area contributed by atoms with Crippen LogP contribution < -0.4 is 5.32 Å². The lowest BCUT2D eigenvalue weighted by Gasteiger charge is -2.21. The fourth-order valence-electron chi connectivity index (χ4n) is 3.36. The summed E-state index contributed by atoms with van der Waals surface area (Å²) in [4.78, 5) is 19.4. The van der Waals surface area contributed by atoms with Gasteiger partial charge in [0.05, 0.1) is 17.4 Å². The number of anilines is 1. The van der Waals surface area contributed by atoms with Gasteiger partial charge in [0.25, 0.3) is 5.91 Å². The van der Waals surface area contributed by atoms with Crippen LogP contribution in [0.25, 0.3) is 0 Å². The topological polar surface area (TPSA) is 63.0 Å². The first-order valence-electron chi connectivity index (χ1n) is 8.73. The number of hydrogen-bond acceptors (Lipinski definition) is 5. The molecule has 2 aromatic heterocycles. The number of likely N-dealkylation sites (tertiary alicyclic amines) is 1. The van der Waals surface area contributed by atoms with Crippen molar-refractivity contribution < 1.29 is 4.79 Å². The highest BCUT2D eigenvalue weighted by molar-refractivity contribution is 7.14. The first kappa shape index (κ1) is 16.9. The number of aryl methyl sites for hydroxylation is 1. The fraction of sp³-hybridized carbons (Fsp3) is 0.316. The molecule has 1 amide bonds. The summed E-state index contributed by atoms with van der Waals surface area (Å²) in [5.41, 5.74) is 2.75. The van der Waals surface area contributed by atoms with Gasteiger partial charge in [-0.15, -0.1) is 11.3 Å². The summed E-state index contributed by atoms with van der Waals surface area (Å²) in [6, 6.07) is 11.6. The predicted molar refractivity (Wildman–Crippen MR) is 102 cm³/mol. The van der Waals surface area contributed by atoms with Gasteiger partial charge in [0.1, 0.15) is 0 Å². The van der Waals surface area contributed by atoms with Crippen molar-refractivity contribution in [2.75, 3.05) is 11.9 Å². The van der Waals surface area contributed by atoms with Crippen molar-refractivity contribution in [3.8, 4) is 0 Å². The molecule has 7 heteroatoms. The third-order valence-corrected chi connectivity index (χ3v) is 5.39. The van der Waals surface area contributed by atoms with E-state index >= 15 is 0 Å². The van der Waals surface area contributed by atoms with Gasteiger partial charge in [-0.1, -0.05) is 18.2 Å². The summed E-state index contributed by atoms with van der Waals surface area (Å²) in [6.07, 6.45) is 4.21. The molecule has 3 aromatic rings. The van der Waals surface area contributed by atoms with Crippen LogP contribution in [0.15, 0.2) is 48.0 Å². The second-order valence-corrected chi connectivity index (χ2v) is 7.37. The monoisotopic (exact) mass is 367 g/mol. The molecule has 1 unspecified atom stereocenters. The molecular weight excluding hydrogens is 346 g/mol. The molecule has 0 spiro atoms. The molecule has 6 nitrogen and oxygen atoms in total. The molecule has 0 bridgehead atoms. The molecule has 4 rings (SSSR count). The molecule has 1 atom stereocenters. The SMILES string of the molecule is Cn1ccc(CN2CCCC2c2csc(NC(=O)c3ccccc3)n2)n1. The van der Waals surface area contributed by atoms with E-state index in [4.69, 9.17) is 0 Å². The molecule has 1 aliphatic rings. The second kappa shape index (κ2) is 7.39. The zero-order valence-electron chi connectivity index (χ0n) is 14.6. The third-order valence-electron chi connectivity index (χ3n) is 4.62. The quantitative estimate of drug-likeness (QED) is 0.750. The van der Waals surface area contributed by atoms with Crippen LogP contribution in [0.4, 0.5) is 5.13 Å². The highest BCUT2D eigenvalue weighted by Crippen LogP contribution is 2.34. The Labute approximate surface area is 156 Å². The van der Waals surface area contributed by atoms with E-state index in [2.05, 4.69) is 31.7 Å². The van der Waals surface area contributed by atoms with Crippen LogP contribution in [0.3, 0.4) is 0 Å². The number of carbonyl (C=O) groups excluding carboxylic acids is 1. The average Bonchev–Trinajstić information content (AvgIpc) is 3.38. The molecule has 3 heterocycles. The zero-order valence-corrected chi connectivity index (χ0v) is 15.4. The first-order valence-corrected chi connectivity index (χ1v) is 9.61. The molecule has 0 radical (unpaired) electrons. The minimum atomic E-state index is -0.122. The Kier molecular flexibility index (Phi) is 4.81. The van der Waals surface area contributed by atoms with E-state index < -0.39 is 0 Å². The van der Waals surface area contributed by atoms with Crippen LogP contribution in [0.2, 0.25) is 0 Å². The van der Waals surface area contributed by atoms with Crippen LogP contribution in [-0.4, -0.2) is 32.1 Å². The number of amides is 1. The van der Waals surface area contributed by atoms with Crippen LogP contribution >= 0.6 is 11.3 Å². The highest BCUT2D eigenvalue weighted by Gasteiger charge is 2.28. The van der Waals surface area contributed by atoms with E-state index in [0.717, 1.165) is 37.3 Å². The number of nitrogens with zero attached hydrogens (tertiary/aromatic N) is 4. The molecule has 1 aliphatic heterocycles. The maximum Gasteiger partial charge on any atom is 0.257 e. The Morgan fingerprint density at radius 2 is 2.15 bits per heavy atom. The van der Waals surface area contributed by atoms with Crippen molar-refractivity contribution in [2.24, 2.45) is 7.05 Å². The van der Waals surface area contributed by atoms with Gasteiger partial charge < -0.3 is 0 Å². The van der Waals surface area contributed by atoms with E-state index in [1.807, 2.05) is 36.1 Å². The number of carbonyl (C=O) groups is 1. The number of benzene rings is 1. The van der Waals surface area contributed by atoms with Crippen molar-refractivity contribution >= 4 is 22.4 Å². The van der Waals surface area contributed by atoms with Crippen LogP contribution in [-0.2, 0) is 13.6 Å². The summed E-state index contributed by atoms with van der Waals surface area (Å²) < 4.78 is 1.83. The van der Waals surface area contributed by atoms with Gasteiger partial charge in [0.2, 0.25) is 0 Å². The van der Waals surface area contributed by atoms with Crippen molar-refractivity contribution in [2.45, 2.75) is 25.4 Å². The van der Waals surface area contributed by atoms with E-state index in [9.17, 15) is 4.79 Å². The molecule has 1 aromatic carbocycles. The largest absolute Gasteiger partial charge is 0.298 e. The van der Waals surface area contributed by atoms with Crippen LogP contribution in [0.5, 0.6) is 0 Å². The number of hydrogen-bond donors (Lipinski definition) is 1. The third kappa shape index (κ3) is 3.68. The van der Waals surface area contributed by atoms with E-state index in [1.54, 1.807) is 12.1 Å². The summed E-state index contributed by atoms with van der Waals surface area (Å²) in [5.74, 6) is -0.122. The number of aromatic nitrogens is 3. The lowest BCUT2D eigenvalue weighted by Crippen LogP contribution is -2.23. The minimum Gasteiger partial charge on any atom is -0.298 e. The van der Waals surface area contributed by atoms with Gasteiger partial charge in [-0.2, -0.15) is 5.10 Å². The van der Waals surface area contributed by atoms with Gasteiger partial charge in [0.15, 0.2) is 5.13 Å². The van der Waals surface area contributed by atoms with Gasteiger partial charge in [-0.3, -0.25) is 19.7 Å². The van der Waals surface area contributed by atoms with Crippen LogP contribution in [0, 0.1) is 0 Å². The minimum absolute atomic E-state index is 0.122. The molecular formula is C19H21N5OS. The maximum absolute atomic E-state index is 12.3. The predicted octanol–water partition coefficient (Wildman–Crippen LogP) is 3.47. The molecule has 26 heavy (non-hydrogen) atoms. The number of nitrogens with one attached hydrogen (secondary N) is 1. The van der Waals surface area contributed by atoms with Crippen molar-refractivity contribution in [3.05, 3.63) is 64.9 Å². The Hall–Kier alpha value is -2.51. The van der Waals surface area contributed by atoms with Gasteiger partial charge in [-0.25, -0.2) is 4.98 Å². The van der Waals surface area contributed by atoms with Crippen molar-refractivity contribution in [3.63, 3.8) is 0 Å². The smallest absolute Gasteiger partial charge is 0.257 e. The van der Waals surface area contributed by atoms with Gasteiger partial charge in [-0.05, 0) is 37.6 Å². The maximum atomic E-state index is 12.3. The van der Waals surface area contributed by atoms with Crippen molar-refractivity contribution in [1.29, 1.82) is 0 Å². The molecule has 1 fully saturated rings. The molecule has 1 N–H and O–H groups in total. The average molecular weight is 367 g/mol. The Morgan fingerprint density at radius 3 is 2.92 bits per heavy atom. The highest BCUT2D eigenvalue weighted by atomic mass is 32.1. The van der Waals surface area contributed by atoms with Gasteiger partial charge in [0, 0.05) is 30.7 Å². The fourth-order valence-corrected chi connectivity index (χ4v) is 4.11. The van der Waals surface area contributed by atoms with E-state index in [0.29, 0.717) is 10.7 Å². The molecule has 0 aliphatic carbocycles. The molecule has 1 saturated heterocycles. The van der Waals surface area contributed by atoms with E-state index in [1.165, 1.54) is 11.3 Å². The number of rotatable bonds is 5. The molecule has 134 valence electrons. The van der Waals surface area contributed by atoms with Crippen molar-refractivity contribution in [1.82, 2.24) is 19.7 Å². The standard InChI is InChI=1S/C19H21N5OS/c1-23-11-9-15(22-23)12-24-10-5-8-17(24)16-13-26-19(20-16)21-18(25)14-6-3-2-4-7-14/h2-4,6-7,9,11,13,17H,5,8,10,12H2,1H3,(H,20,21,25). The summed E-state index contributed by atoms with van der Waals surface area (Å²) >= 11 is 1.48. The normalized spacial score (nSPS) is 17.5. The zero-order chi connectivity index (χ0) is 17.9. The summed E-state index contributed by atoms with van der Waals surface area (Å²) in [5, 5.41) is 10.1. The lowest BCUT2D eigenvalue weighted by atomic mass is 10.1. The van der Waals surface area contributed by atoms with E-state index in [-0.39, 0.29) is 11.9 Å². The first-order chi connectivity index (χ1) is 12.7. The summed E-state index contributed by atoms with van der Waals surface area (Å²) in [6.45, 7) is 1.87. The Balaban J connectivity index is 1.44. The van der Waals surface area contributed by atoms with Gasteiger partial charge >= 0.3 is 0 Å². The molecule has 0 saturated carbocycles. The Morgan fingerprint density at radius 1 is 1.31 bits per heavy atom.